The molecule has 0 heterocycles. The highest BCUT2D eigenvalue weighted by Crippen LogP contribution is 2.32. The Balaban J connectivity index is 2.88. The number of benzene rings is 1. The monoisotopic (exact) mass is 240 g/mol. The van der Waals surface area contributed by atoms with Crippen LogP contribution in [0.25, 0.3) is 0 Å². The average molecular weight is 240 g/mol. The van der Waals surface area contributed by atoms with Crippen LogP contribution in [0.5, 0.6) is 5.75 Å². The van der Waals surface area contributed by atoms with Crippen molar-refractivity contribution >= 4 is 17.7 Å². The normalized spacial score (nSPS) is 10.5. The average Bonchev–Trinajstić information content (AvgIpc) is 2.25. The summed E-state index contributed by atoms with van der Waals surface area (Å²) in [5.41, 5.74) is 1.19. The van der Waals surface area contributed by atoms with E-state index < -0.39 is 5.97 Å². The van der Waals surface area contributed by atoms with Gasteiger partial charge in [-0.2, -0.15) is 0 Å². The van der Waals surface area contributed by atoms with Crippen LogP contribution in [0, 0.1) is 0 Å². The molecule has 0 aliphatic carbocycles. The van der Waals surface area contributed by atoms with Crippen molar-refractivity contribution in [1.82, 2.24) is 0 Å². The van der Waals surface area contributed by atoms with Gasteiger partial charge >= 0.3 is 5.97 Å². The Hall–Kier alpha value is -1.16. The van der Waals surface area contributed by atoms with E-state index >= 15 is 0 Å². The van der Waals surface area contributed by atoms with E-state index in [1.165, 1.54) is 17.3 Å². The van der Waals surface area contributed by atoms with Crippen LogP contribution in [0.4, 0.5) is 0 Å². The smallest absolute Gasteiger partial charge is 0.313 e. The zero-order chi connectivity index (χ0) is 12.1. The summed E-state index contributed by atoms with van der Waals surface area (Å²) >= 11 is 1.28. The first-order chi connectivity index (χ1) is 7.54. The highest BCUT2D eigenvalue weighted by molar-refractivity contribution is 8.00. The fourth-order valence-electron chi connectivity index (χ4n) is 1.30. The topological polar surface area (TPSA) is 46.5 Å². The predicted octanol–water partition coefficient (Wildman–Crippen LogP) is 3.00. The van der Waals surface area contributed by atoms with Crippen LogP contribution in [0.1, 0.15) is 25.3 Å². The van der Waals surface area contributed by atoms with Gasteiger partial charge in [0.25, 0.3) is 0 Å². The van der Waals surface area contributed by atoms with Gasteiger partial charge in [-0.1, -0.05) is 19.9 Å². The molecular formula is C12H16O3S. The van der Waals surface area contributed by atoms with Crippen molar-refractivity contribution in [3.8, 4) is 5.75 Å². The lowest BCUT2D eigenvalue weighted by Gasteiger charge is -2.11. The van der Waals surface area contributed by atoms with E-state index in [1.807, 2.05) is 18.2 Å². The van der Waals surface area contributed by atoms with Crippen LogP contribution in [-0.4, -0.2) is 23.9 Å². The zero-order valence-corrected chi connectivity index (χ0v) is 10.5. The van der Waals surface area contributed by atoms with Crippen molar-refractivity contribution in [2.45, 2.75) is 24.7 Å². The van der Waals surface area contributed by atoms with Gasteiger partial charge in [-0.25, -0.2) is 0 Å². The molecule has 0 aliphatic rings. The highest BCUT2D eigenvalue weighted by atomic mass is 32.2. The van der Waals surface area contributed by atoms with Gasteiger partial charge in [-0.3, -0.25) is 4.79 Å². The number of methoxy groups -OCH3 is 1. The van der Waals surface area contributed by atoms with Crippen molar-refractivity contribution in [2.24, 2.45) is 0 Å². The molecule has 0 saturated heterocycles. The molecule has 88 valence electrons. The fourth-order valence-corrected chi connectivity index (χ4v) is 2.03. The number of thioether (sulfide) groups is 1. The summed E-state index contributed by atoms with van der Waals surface area (Å²) in [5, 5.41) is 8.62. The molecule has 1 aromatic rings. The molecule has 1 rings (SSSR count). The van der Waals surface area contributed by atoms with Crippen molar-refractivity contribution in [2.75, 3.05) is 12.9 Å². The maximum absolute atomic E-state index is 10.5. The molecule has 3 nitrogen and oxygen atoms in total. The predicted molar refractivity (Wildman–Crippen MR) is 65.4 cm³/mol. The van der Waals surface area contributed by atoms with Gasteiger partial charge in [0.1, 0.15) is 5.75 Å². The number of hydrogen-bond acceptors (Lipinski definition) is 3. The van der Waals surface area contributed by atoms with E-state index in [-0.39, 0.29) is 5.75 Å². The number of hydrogen-bond donors (Lipinski definition) is 1. The van der Waals surface area contributed by atoms with E-state index in [0.29, 0.717) is 5.92 Å². The van der Waals surface area contributed by atoms with Crippen LogP contribution in [0.3, 0.4) is 0 Å². The number of carbonyl (C=O) groups is 1. The Morgan fingerprint density at radius 3 is 2.69 bits per heavy atom. The first kappa shape index (κ1) is 12.9. The first-order valence-corrected chi connectivity index (χ1v) is 6.05. The summed E-state index contributed by atoms with van der Waals surface area (Å²) in [6.07, 6.45) is 0. The van der Waals surface area contributed by atoms with Crippen molar-refractivity contribution in [1.29, 1.82) is 0 Å². The van der Waals surface area contributed by atoms with Crippen LogP contribution >= 0.6 is 11.8 Å². The lowest BCUT2D eigenvalue weighted by molar-refractivity contribution is -0.133. The second-order valence-corrected chi connectivity index (χ2v) is 4.76. The van der Waals surface area contributed by atoms with Crippen molar-refractivity contribution in [3.05, 3.63) is 23.8 Å². The first-order valence-electron chi connectivity index (χ1n) is 5.07. The van der Waals surface area contributed by atoms with Crippen LogP contribution < -0.4 is 4.74 Å². The minimum Gasteiger partial charge on any atom is -0.496 e. The SMILES string of the molecule is COc1cc(C(C)C)ccc1SCC(=O)O. The summed E-state index contributed by atoms with van der Waals surface area (Å²) in [7, 11) is 1.60. The summed E-state index contributed by atoms with van der Waals surface area (Å²) in [5.74, 6) is 0.419. The largest absolute Gasteiger partial charge is 0.496 e. The van der Waals surface area contributed by atoms with E-state index in [9.17, 15) is 4.79 Å². The molecule has 0 aromatic heterocycles. The number of carboxylic acids is 1. The molecule has 0 spiro atoms. The Morgan fingerprint density at radius 1 is 1.50 bits per heavy atom. The van der Waals surface area contributed by atoms with E-state index in [0.717, 1.165) is 10.6 Å². The van der Waals surface area contributed by atoms with Crippen LogP contribution in [-0.2, 0) is 4.79 Å². The van der Waals surface area contributed by atoms with Crippen molar-refractivity contribution < 1.29 is 14.6 Å². The molecule has 0 unspecified atom stereocenters. The summed E-state index contributed by atoms with van der Waals surface area (Å²) in [6, 6.07) is 5.90. The molecule has 1 N–H and O–H groups in total. The molecular weight excluding hydrogens is 224 g/mol. The van der Waals surface area contributed by atoms with Gasteiger partial charge in [-0.15, -0.1) is 11.8 Å². The van der Waals surface area contributed by atoms with Crippen LogP contribution in [0.2, 0.25) is 0 Å². The molecule has 0 amide bonds. The van der Waals surface area contributed by atoms with Gasteiger partial charge in [-0.05, 0) is 23.6 Å². The maximum Gasteiger partial charge on any atom is 0.313 e. The van der Waals surface area contributed by atoms with E-state index in [1.54, 1.807) is 7.11 Å². The third kappa shape index (κ3) is 3.45. The Morgan fingerprint density at radius 2 is 2.19 bits per heavy atom. The highest BCUT2D eigenvalue weighted by Gasteiger charge is 2.08. The minimum atomic E-state index is -0.819. The zero-order valence-electron chi connectivity index (χ0n) is 9.69. The van der Waals surface area contributed by atoms with Gasteiger partial charge in [0.15, 0.2) is 0 Å². The lowest BCUT2D eigenvalue weighted by atomic mass is 10.0. The second kappa shape index (κ2) is 5.80. The Bertz CT molecular complexity index is 375. The molecule has 0 saturated carbocycles. The van der Waals surface area contributed by atoms with Gasteiger partial charge in [0, 0.05) is 4.90 Å². The standard InChI is InChI=1S/C12H16O3S/c1-8(2)9-4-5-11(10(6-9)15-3)16-7-12(13)14/h4-6,8H,7H2,1-3H3,(H,13,14). The third-order valence-corrected chi connectivity index (χ3v) is 3.25. The Labute approximate surface area is 99.8 Å². The molecule has 1 aromatic carbocycles. The number of carboxylic acid groups (broad SMARTS) is 1. The van der Waals surface area contributed by atoms with Crippen LogP contribution in [0.15, 0.2) is 23.1 Å². The lowest BCUT2D eigenvalue weighted by Crippen LogP contribution is -1.98. The number of rotatable bonds is 5. The van der Waals surface area contributed by atoms with Crippen molar-refractivity contribution in [3.63, 3.8) is 0 Å². The molecule has 0 radical (unpaired) electrons. The molecule has 16 heavy (non-hydrogen) atoms. The fraction of sp³-hybridized carbons (Fsp3) is 0.417. The van der Waals surface area contributed by atoms with Gasteiger partial charge < -0.3 is 9.84 Å². The third-order valence-electron chi connectivity index (χ3n) is 2.21. The number of aliphatic carboxylic acids is 1. The summed E-state index contributed by atoms with van der Waals surface area (Å²) < 4.78 is 5.25. The molecule has 4 heteroatoms. The molecule has 0 fully saturated rings. The number of ether oxygens (including phenoxy) is 1. The molecule has 0 aliphatic heterocycles. The molecule has 0 bridgehead atoms. The van der Waals surface area contributed by atoms with E-state index in [2.05, 4.69) is 13.8 Å². The summed E-state index contributed by atoms with van der Waals surface area (Å²) in [4.78, 5) is 11.4. The molecule has 0 atom stereocenters. The Kier molecular flexibility index (Phi) is 4.68. The second-order valence-electron chi connectivity index (χ2n) is 3.75. The minimum absolute atomic E-state index is 0.0530. The van der Waals surface area contributed by atoms with Gasteiger partial charge in [0.2, 0.25) is 0 Å². The quantitative estimate of drug-likeness (QED) is 0.804. The maximum atomic E-state index is 10.5. The van der Waals surface area contributed by atoms with E-state index in [4.69, 9.17) is 9.84 Å². The van der Waals surface area contributed by atoms with Gasteiger partial charge in [0.05, 0.1) is 12.9 Å². The summed E-state index contributed by atoms with van der Waals surface area (Å²) in [6.45, 7) is 4.22.